The Labute approximate surface area is 101 Å². The summed E-state index contributed by atoms with van der Waals surface area (Å²) in [5.41, 5.74) is 7.90. The molecular formula is C12H19BrN2. The number of nitrogens with two attached hydrogens (primary N) is 1. The van der Waals surface area contributed by atoms with Crippen molar-refractivity contribution in [3.8, 4) is 0 Å². The first-order chi connectivity index (χ1) is 7.06. The SMILES string of the molecule is CCCC(C)N(C)c1cc(Br)ccc1N. The van der Waals surface area contributed by atoms with Crippen molar-refractivity contribution in [2.45, 2.75) is 32.7 Å². The molecule has 1 rings (SSSR count). The van der Waals surface area contributed by atoms with E-state index in [9.17, 15) is 0 Å². The van der Waals surface area contributed by atoms with Crippen LogP contribution < -0.4 is 10.6 Å². The molecule has 1 aromatic carbocycles. The van der Waals surface area contributed by atoms with Crippen molar-refractivity contribution in [1.82, 2.24) is 0 Å². The average molecular weight is 271 g/mol. The minimum absolute atomic E-state index is 0.520. The molecule has 0 aliphatic rings. The Morgan fingerprint density at radius 2 is 2.13 bits per heavy atom. The average Bonchev–Trinajstić information content (AvgIpc) is 2.21. The van der Waals surface area contributed by atoms with Gasteiger partial charge in [-0.3, -0.25) is 0 Å². The van der Waals surface area contributed by atoms with Crippen molar-refractivity contribution in [3.63, 3.8) is 0 Å². The number of hydrogen-bond donors (Lipinski definition) is 1. The molecule has 1 aromatic rings. The highest BCUT2D eigenvalue weighted by molar-refractivity contribution is 9.10. The molecule has 84 valence electrons. The Morgan fingerprint density at radius 1 is 1.47 bits per heavy atom. The van der Waals surface area contributed by atoms with Crippen LogP contribution >= 0.6 is 15.9 Å². The molecule has 0 radical (unpaired) electrons. The van der Waals surface area contributed by atoms with Crippen molar-refractivity contribution >= 4 is 27.3 Å². The molecule has 1 atom stereocenters. The Balaban J connectivity index is 2.89. The van der Waals surface area contributed by atoms with E-state index in [-0.39, 0.29) is 0 Å². The Hall–Kier alpha value is -0.700. The maximum atomic E-state index is 5.96. The highest BCUT2D eigenvalue weighted by Crippen LogP contribution is 2.28. The van der Waals surface area contributed by atoms with Gasteiger partial charge in [-0.05, 0) is 31.5 Å². The molecule has 0 aliphatic carbocycles. The van der Waals surface area contributed by atoms with Gasteiger partial charge >= 0.3 is 0 Å². The van der Waals surface area contributed by atoms with Crippen LogP contribution in [0.15, 0.2) is 22.7 Å². The fourth-order valence-corrected chi connectivity index (χ4v) is 2.02. The van der Waals surface area contributed by atoms with Crippen LogP contribution in [0.25, 0.3) is 0 Å². The van der Waals surface area contributed by atoms with E-state index in [1.807, 2.05) is 12.1 Å². The van der Waals surface area contributed by atoms with E-state index in [1.54, 1.807) is 0 Å². The molecule has 0 heterocycles. The quantitative estimate of drug-likeness (QED) is 0.847. The van der Waals surface area contributed by atoms with Crippen LogP contribution in [0.2, 0.25) is 0 Å². The zero-order valence-electron chi connectivity index (χ0n) is 9.63. The maximum absolute atomic E-state index is 5.96. The van der Waals surface area contributed by atoms with E-state index in [0.717, 1.165) is 15.8 Å². The number of anilines is 2. The number of rotatable bonds is 4. The monoisotopic (exact) mass is 270 g/mol. The summed E-state index contributed by atoms with van der Waals surface area (Å²) in [5, 5.41) is 0. The van der Waals surface area contributed by atoms with Gasteiger partial charge in [0.1, 0.15) is 0 Å². The summed E-state index contributed by atoms with van der Waals surface area (Å²) in [5.74, 6) is 0. The van der Waals surface area contributed by atoms with Crippen LogP contribution in [0.4, 0.5) is 11.4 Å². The van der Waals surface area contributed by atoms with Crippen molar-refractivity contribution in [3.05, 3.63) is 22.7 Å². The van der Waals surface area contributed by atoms with Crippen LogP contribution in [0.5, 0.6) is 0 Å². The van der Waals surface area contributed by atoms with Gasteiger partial charge < -0.3 is 10.6 Å². The minimum Gasteiger partial charge on any atom is -0.397 e. The molecule has 0 spiro atoms. The first-order valence-electron chi connectivity index (χ1n) is 5.34. The van der Waals surface area contributed by atoms with Gasteiger partial charge in [-0.25, -0.2) is 0 Å². The van der Waals surface area contributed by atoms with E-state index < -0.39 is 0 Å². The molecule has 0 aromatic heterocycles. The third kappa shape index (κ3) is 3.13. The summed E-state index contributed by atoms with van der Waals surface area (Å²) < 4.78 is 1.07. The van der Waals surface area contributed by atoms with Gasteiger partial charge in [-0.15, -0.1) is 0 Å². The molecule has 0 fully saturated rings. The van der Waals surface area contributed by atoms with E-state index in [4.69, 9.17) is 5.73 Å². The molecule has 0 amide bonds. The first kappa shape index (κ1) is 12.4. The summed E-state index contributed by atoms with van der Waals surface area (Å²) in [6.07, 6.45) is 2.38. The van der Waals surface area contributed by atoms with Crippen molar-refractivity contribution in [2.75, 3.05) is 17.7 Å². The Morgan fingerprint density at radius 3 is 2.73 bits per heavy atom. The van der Waals surface area contributed by atoms with Gasteiger partial charge in [0.05, 0.1) is 11.4 Å². The van der Waals surface area contributed by atoms with E-state index in [2.05, 4.69) is 47.8 Å². The fourth-order valence-electron chi connectivity index (χ4n) is 1.67. The van der Waals surface area contributed by atoms with Gasteiger partial charge in [-0.2, -0.15) is 0 Å². The number of halogens is 1. The Kier molecular flexibility index (Phi) is 4.45. The normalized spacial score (nSPS) is 12.5. The summed E-state index contributed by atoms with van der Waals surface area (Å²) in [7, 11) is 2.10. The lowest BCUT2D eigenvalue weighted by Crippen LogP contribution is -2.29. The molecule has 0 saturated heterocycles. The fraction of sp³-hybridized carbons (Fsp3) is 0.500. The highest BCUT2D eigenvalue weighted by atomic mass is 79.9. The third-order valence-electron chi connectivity index (χ3n) is 2.74. The predicted molar refractivity (Wildman–Crippen MR) is 71.3 cm³/mol. The second kappa shape index (κ2) is 5.40. The van der Waals surface area contributed by atoms with Gasteiger partial charge in [0.2, 0.25) is 0 Å². The van der Waals surface area contributed by atoms with E-state index in [1.165, 1.54) is 12.8 Å². The molecule has 3 heteroatoms. The maximum Gasteiger partial charge on any atom is 0.0611 e. The molecule has 0 bridgehead atoms. The lowest BCUT2D eigenvalue weighted by atomic mass is 10.1. The van der Waals surface area contributed by atoms with Crippen LogP contribution in [0, 0.1) is 0 Å². The Bertz CT molecular complexity index is 325. The molecule has 1 unspecified atom stereocenters. The van der Waals surface area contributed by atoms with Crippen LogP contribution in [-0.2, 0) is 0 Å². The molecular weight excluding hydrogens is 252 g/mol. The zero-order chi connectivity index (χ0) is 11.4. The molecule has 0 saturated carbocycles. The predicted octanol–water partition coefficient (Wildman–Crippen LogP) is 3.66. The van der Waals surface area contributed by atoms with Crippen LogP contribution in [-0.4, -0.2) is 13.1 Å². The number of nitrogen functional groups attached to an aromatic ring is 1. The standard InChI is InChI=1S/C12H19BrN2/c1-4-5-9(2)15(3)12-8-10(13)6-7-11(12)14/h6-9H,4-5,14H2,1-3H3. The zero-order valence-corrected chi connectivity index (χ0v) is 11.2. The van der Waals surface area contributed by atoms with Crippen molar-refractivity contribution < 1.29 is 0 Å². The van der Waals surface area contributed by atoms with Gasteiger partial charge in [0.15, 0.2) is 0 Å². The van der Waals surface area contributed by atoms with Crippen molar-refractivity contribution in [1.29, 1.82) is 0 Å². The summed E-state index contributed by atoms with van der Waals surface area (Å²) in [6.45, 7) is 4.43. The lowest BCUT2D eigenvalue weighted by Gasteiger charge is -2.28. The number of hydrogen-bond acceptors (Lipinski definition) is 2. The van der Waals surface area contributed by atoms with Gasteiger partial charge in [-0.1, -0.05) is 29.3 Å². The molecule has 2 nitrogen and oxygen atoms in total. The first-order valence-corrected chi connectivity index (χ1v) is 6.13. The van der Waals surface area contributed by atoms with Crippen molar-refractivity contribution in [2.24, 2.45) is 0 Å². The number of nitrogens with zero attached hydrogens (tertiary/aromatic N) is 1. The summed E-state index contributed by atoms with van der Waals surface area (Å²) in [4.78, 5) is 2.24. The van der Waals surface area contributed by atoms with Gasteiger partial charge in [0.25, 0.3) is 0 Å². The third-order valence-corrected chi connectivity index (χ3v) is 3.23. The van der Waals surface area contributed by atoms with Crippen LogP contribution in [0.3, 0.4) is 0 Å². The largest absolute Gasteiger partial charge is 0.397 e. The summed E-state index contributed by atoms with van der Waals surface area (Å²) >= 11 is 3.47. The van der Waals surface area contributed by atoms with Crippen LogP contribution in [0.1, 0.15) is 26.7 Å². The molecule has 2 N–H and O–H groups in total. The van der Waals surface area contributed by atoms with Gasteiger partial charge in [0, 0.05) is 17.6 Å². The second-order valence-electron chi connectivity index (χ2n) is 3.95. The number of benzene rings is 1. The summed E-state index contributed by atoms with van der Waals surface area (Å²) in [6, 6.07) is 6.50. The van der Waals surface area contributed by atoms with E-state index >= 15 is 0 Å². The smallest absolute Gasteiger partial charge is 0.0611 e. The molecule has 15 heavy (non-hydrogen) atoms. The topological polar surface area (TPSA) is 29.3 Å². The lowest BCUT2D eigenvalue weighted by molar-refractivity contribution is 0.616. The van der Waals surface area contributed by atoms with E-state index in [0.29, 0.717) is 6.04 Å². The molecule has 0 aliphatic heterocycles. The minimum atomic E-state index is 0.520. The highest BCUT2D eigenvalue weighted by Gasteiger charge is 2.11. The second-order valence-corrected chi connectivity index (χ2v) is 4.87.